The Morgan fingerprint density at radius 2 is 2.16 bits per heavy atom. The molecule has 0 bridgehead atoms. The summed E-state index contributed by atoms with van der Waals surface area (Å²) in [7, 11) is 3.84. The van der Waals surface area contributed by atoms with Gasteiger partial charge in [0, 0.05) is 26.2 Å². The fourth-order valence-electron chi connectivity index (χ4n) is 2.61. The minimum absolute atomic E-state index is 0.173. The molecule has 6 nitrogen and oxygen atoms in total. The highest BCUT2D eigenvalue weighted by molar-refractivity contribution is 5.80. The molecular formula is C13H23N3O3. The van der Waals surface area contributed by atoms with Crippen LogP contribution in [0.3, 0.4) is 0 Å². The molecular weight excluding hydrogens is 246 g/mol. The zero-order chi connectivity index (χ0) is 14.0. The van der Waals surface area contributed by atoms with Crippen LogP contribution in [0.1, 0.15) is 25.7 Å². The Morgan fingerprint density at radius 1 is 1.47 bits per heavy atom. The number of likely N-dealkylation sites (N-methyl/N-ethyl adjacent to an activating group) is 2. The van der Waals surface area contributed by atoms with E-state index in [0.29, 0.717) is 25.4 Å². The maximum absolute atomic E-state index is 11.9. The molecule has 2 fully saturated rings. The Morgan fingerprint density at radius 3 is 2.63 bits per heavy atom. The topological polar surface area (TPSA) is 72.9 Å². The first-order valence-corrected chi connectivity index (χ1v) is 6.87. The van der Waals surface area contributed by atoms with Gasteiger partial charge >= 0.3 is 12.0 Å². The van der Waals surface area contributed by atoms with Crippen LogP contribution < -0.4 is 5.32 Å². The highest BCUT2D eigenvalue weighted by atomic mass is 16.4. The molecule has 0 aromatic carbocycles. The largest absolute Gasteiger partial charge is 0.481 e. The number of likely N-dealkylation sites (tertiary alicyclic amines) is 1. The lowest BCUT2D eigenvalue weighted by Crippen LogP contribution is -2.46. The quantitative estimate of drug-likeness (QED) is 0.766. The molecule has 2 rings (SSSR count). The lowest BCUT2D eigenvalue weighted by molar-refractivity contribution is -0.143. The summed E-state index contributed by atoms with van der Waals surface area (Å²) < 4.78 is 0. The van der Waals surface area contributed by atoms with Crippen molar-refractivity contribution < 1.29 is 14.7 Å². The molecule has 6 heteroatoms. The van der Waals surface area contributed by atoms with Crippen LogP contribution in [0.4, 0.5) is 4.79 Å². The molecule has 2 aliphatic rings. The van der Waals surface area contributed by atoms with E-state index in [1.54, 1.807) is 11.9 Å². The van der Waals surface area contributed by atoms with Gasteiger partial charge in [-0.2, -0.15) is 0 Å². The summed E-state index contributed by atoms with van der Waals surface area (Å²) in [5.41, 5.74) is -0.694. The lowest BCUT2D eigenvalue weighted by Gasteiger charge is -2.26. The number of carbonyl (C=O) groups excluding carboxylic acids is 1. The molecule has 1 saturated heterocycles. The molecule has 1 saturated carbocycles. The van der Waals surface area contributed by atoms with E-state index in [-0.39, 0.29) is 12.6 Å². The predicted octanol–water partition coefficient (Wildman–Crippen LogP) is 0.587. The van der Waals surface area contributed by atoms with E-state index in [2.05, 4.69) is 17.3 Å². The fraction of sp³-hybridized carbons (Fsp3) is 0.846. The van der Waals surface area contributed by atoms with Crippen LogP contribution in [-0.2, 0) is 4.79 Å². The van der Waals surface area contributed by atoms with Crippen molar-refractivity contribution >= 4 is 12.0 Å². The molecule has 2 N–H and O–H groups in total. The summed E-state index contributed by atoms with van der Waals surface area (Å²) in [4.78, 5) is 26.9. The predicted molar refractivity (Wildman–Crippen MR) is 71.0 cm³/mol. The van der Waals surface area contributed by atoms with Crippen LogP contribution in [-0.4, -0.2) is 66.7 Å². The minimum Gasteiger partial charge on any atom is -0.481 e. The van der Waals surface area contributed by atoms with Crippen molar-refractivity contribution in [3.8, 4) is 0 Å². The average Bonchev–Trinajstić information content (AvgIpc) is 3.06. The summed E-state index contributed by atoms with van der Waals surface area (Å²) in [6.45, 7) is 2.02. The van der Waals surface area contributed by atoms with E-state index in [1.165, 1.54) is 6.42 Å². The van der Waals surface area contributed by atoms with E-state index in [1.807, 2.05) is 0 Å². The number of rotatable bonds is 5. The maximum atomic E-state index is 11.9. The van der Waals surface area contributed by atoms with Gasteiger partial charge in [0.1, 0.15) is 0 Å². The first-order chi connectivity index (χ1) is 8.94. The van der Waals surface area contributed by atoms with E-state index < -0.39 is 11.4 Å². The molecule has 1 unspecified atom stereocenters. The monoisotopic (exact) mass is 269 g/mol. The number of nitrogens with one attached hydrogen (secondary N) is 1. The van der Waals surface area contributed by atoms with Gasteiger partial charge in [0.25, 0.3) is 0 Å². The van der Waals surface area contributed by atoms with Crippen molar-refractivity contribution in [1.82, 2.24) is 15.1 Å². The number of hydrogen-bond acceptors (Lipinski definition) is 3. The van der Waals surface area contributed by atoms with Crippen LogP contribution in [0.15, 0.2) is 0 Å². The molecule has 2 amide bonds. The van der Waals surface area contributed by atoms with Gasteiger partial charge in [-0.15, -0.1) is 0 Å². The number of carboxylic acids is 1. The number of carboxylic acid groups (broad SMARTS) is 1. The first-order valence-electron chi connectivity index (χ1n) is 6.87. The third kappa shape index (κ3) is 3.18. The van der Waals surface area contributed by atoms with Gasteiger partial charge in [-0.05, 0) is 39.3 Å². The van der Waals surface area contributed by atoms with Crippen LogP contribution in [0.5, 0.6) is 0 Å². The van der Waals surface area contributed by atoms with Gasteiger partial charge in [-0.3, -0.25) is 4.79 Å². The van der Waals surface area contributed by atoms with Crippen molar-refractivity contribution in [2.75, 3.05) is 33.7 Å². The Kier molecular flexibility index (Phi) is 3.99. The first kappa shape index (κ1) is 14.1. The van der Waals surface area contributed by atoms with Gasteiger partial charge in [-0.1, -0.05) is 0 Å². The van der Waals surface area contributed by atoms with Crippen LogP contribution >= 0.6 is 0 Å². The number of urea groups is 1. The summed E-state index contributed by atoms with van der Waals surface area (Å²) >= 11 is 0. The Labute approximate surface area is 113 Å². The summed E-state index contributed by atoms with van der Waals surface area (Å²) in [5, 5.41) is 11.8. The SMILES string of the molecule is CN(CC1CCCN1C)C(=O)NCC1(C(=O)O)CC1. The zero-order valence-electron chi connectivity index (χ0n) is 11.7. The average molecular weight is 269 g/mol. The van der Waals surface area contributed by atoms with Crippen molar-refractivity contribution in [2.24, 2.45) is 5.41 Å². The van der Waals surface area contributed by atoms with Crippen LogP contribution in [0, 0.1) is 5.41 Å². The summed E-state index contributed by atoms with van der Waals surface area (Å²) in [6, 6.07) is 0.248. The molecule has 1 atom stereocenters. The number of nitrogens with zero attached hydrogens (tertiary/aromatic N) is 2. The smallest absolute Gasteiger partial charge is 0.317 e. The van der Waals surface area contributed by atoms with Crippen molar-refractivity contribution in [3.63, 3.8) is 0 Å². The van der Waals surface area contributed by atoms with E-state index in [0.717, 1.165) is 13.0 Å². The third-order valence-corrected chi connectivity index (χ3v) is 4.39. The minimum atomic E-state index is -0.800. The Hall–Kier alpha value is -1.30. The highest BCUT2D eigenvalue weighted by Crippen LogP contribution is 2.45. The zero-order valence-corrected chi connectivity index (χ0v) is 11.7. The van der Waals surface area contributed by atoms with Gasteiger partial charge in [0.2, 0.25) is 0 Å². The second-order valence-electron chi connectivity index (χ2n) is 5.90. The summed E-state index contributed by atoms with van der Waals surface area (Å²) in [6.07, 6.45) is 3.63. The second-order valence-corrected chi connectivity index (χ2v) is 5.90. The molecule has 108 valence electrons. The number of aliphatic carboxylic acids is 1. The number of carbonyl (C=O) groups is 2. The third-order valence-electron chi connectivity index (χ3n) is 4.39. The molecule has 19 heavy (non-hydrogen) atoms. The highest BCUT2D eigenvalue weighted by Gasteiger charge is 2.50. The van der Waals surface area contributed by atoms with Crippen molar-refractivity contribution in [3.05, 3.63) is 0 Å². The van der Waals surface area contributed by atoms with Gasteiger partial charge in [-0.25, -0.2) is 4.79 Å². The molecule has 0 radical (unpaired) electrons. The Balaban J connectivity index is 1.75. The Bertz CT molecular complexity index is 368. The molecule has 0 aromatic rings. The molecule has 1 aliphatic heterocycles. The fourth-order valence-corrected chi connectivity index (χ4v) is 2.61. The van der Waals surface area contributed by atoms with Gasteiger partial charge < -0.3 is 20.2 Å². The molecule has 0 aromatic heterocycles. The number of hydrogen-bond donors (Lipinski definition) is 2. The van der Waals surface area contributed by atoms with Crippen molar-refractivity contribution in [1.29, 1.82) is 0 Å². The van der Waals surface area contributed by atoms with E-state index in [4.69, 9.17) is 5.11 Å². The summed E-state index contributed by atoms with van der Waals surface area (Å²) in [5.74, 6) is -0.800. The van der Waals surface area contributed by atoms with Crippen molar-refractivity contribution in [2.45, 2.75) is 31.7 Å². The standard InChI is InChI=1S/C13H23N3O3/c1-15-7-3-4-10(15)8-16(2)12(19)14-9-13(5-6-13)11(17)18/h10H,3-9H2,1-2H3,(H,14,19)(H,17,18). The van der Waals surface area contributed by atoms with Crippen LogP contribution in [0.2, 0.25) is 0 Å². The lowest BCUT2D eigenvalue weighted by atomic mass is 10.1. The molecule has 0 spiro atoms. The number of amides is 2. The van der Waals surface area contributed by atoms with E-state index in [9.17, 15) is 9.59 Å². The maximum Gasteiger partial charge on any atom is 0.317 e. The second kappa shape index (κ2) is 5.36. The normalized spacial score (nSPS) is 25.1. The van der Waals surface area contributed by atoms with Crippen LogP contribution in [0.25, 0.3) is 0 Å². The molecule has 1 aliphatic carbocycles. The van der Waals surface area contributed by atoms with E-state index >= 15 is 0 Å². The van der Waals surface area contributed by atoms with Gasteiger partial charge in [0.05, 0.1) is 5.41 Å². The molecule has 1 heterocycles. The van der Waals surface area contributed by atoms with Gasteiger partial charge in [0.15, 0.2) is 0 Å².